The maximum Gasteiger partial charge on any atom is 0.282 e. The van der Waals surface area contributed by atoms with E-state index in [1.54, 1.807) is 15.3 Å². The summed E-state index contributed by atoms with van der Waals surface area (Å²) >= 11 is 0. The van der Waals surface area contributed by atoms with Crippen LogP contribution in [0.4, 0.5) is 5.69 Å². The van der Waals surface area contributed by atoms with Gasteiger partial charge in [0.25, 0.3) is 5.91 Å². The van der Waals surface area contributed by atoms with Crippen molar-refractivity contribution in [2.75, 3.05) is 44.2 Å². The van der Waals surface area contributed by atoms with Crippen molar-refractivity contribution in [2.24, 2.45) is 0 Å². The Labute approximate surface area is 173 Å². The number of nitrogens with one attached hydrogen (secondary N) is 1. The highest BCUT2D eigenvalue weighted by atomic mass is 32.2. The molecule has 1 amide bonds. The Bertz CT molecular complexity index is 953. The van der Waals surface area contributed by atoms with Crippen LogP contribution in [-0.2, 0) is 14.8 Å². The molecule has 0 aromatic heterocycles. The van der Waals surface area contributed by atoms with E-state index in [1.807, 2.05) is 63.2 Å². The Morgan fingerprint density at radius 3 is 2.34 bits per heavy atom. The molecule has 0 unspecified atom stereocenters. The number of benzene rings is 2. The van der Waals surface area contributed by atoms with E-state index < -0.39 is 10.0 Å². The first-order chi connectivity index (χ1) is 13.8. The Morgan fingerprint density at radius 2 is 1.72 bits per heavy atom. The van der Waals surface area contributed by atoms with Crippen LogP contribution in [0.1, 0.15) is 18.1 Å². The molecule has 0 bridgehead atoms. The topological polar surface area (TPSA) is 62.1 Å². The first-order valence-electron chi connectivity index (χ1n) is 10.1. The lowest BCUT2D eigenvalue weighted by Crippen LogP contribution is -3.15. The summed E-state index contributed by atoms with van der Waals surface area (Å²) in [4.78, 5) is 16.1. The predicted octanol–water partition coefficient (Wildman–Crippen LogP) is 1.25. The summed E-state index contributed by atoms with van der Waals surface area (Å²) in [5, 5.41) is 0. The Hall–Kier alpha value is -2.22. The van der Waals surface area contributed by atoms with Gasteiger partial charge >= 0.3 is 0 Å². The van der Waals surface area contributed by atoms with E-state index in [0.29, 0.717) is 44.2 Å². The zero-order valence-corrected chi connectivity index (χ0v) is 18.2. The van der Waals surface area contributed by atoms with Crippen LogP contribution in [-0.4, -0.2) is 57.9 Å². The number of hydrogen-bond acceptors (Lipinski definition) is 3. The summed E-state index contributed by atoms with van der Waals surface area (Å²) in [5.41, 5.74) is 2.60. The maximum absolute atomic E-state index is 13.1. The lowest BCUT2D eigenvalue weighted by Gasteiger charge is -2.32. The van der Waals surface area contributed by atoms with E-state index in [0.717, 1.165) is 21.7 Å². The van der Waals surface area contributed by atoms with Crippen LogP contribution < -0.4 is 9.80 Å². The normalized spacial score (nSPS) is 16.0. The largest absolute Gasteiger partial charge is 0.325 e. The van der Waals surface area contributed by atoms with Gasteiger partial charge in [-0.3, -0.25) is 4.79 Å². The number of sulfonamides is 1. The van der Waals surface area contributed by atoms with Crippen molar-refractivity contribution < 1.29 is 18.1 Å². The van der Waals surface area contributed by atoms with Gasteiger partial charge in [-0.15, -0.1) is 0 Å². The number of rotatable bonds is 6. The van der Waals surface area contributed by atoms with Crippen LogP contribution in [0.5, 0.6) is 0 Å². The van der Waals surface area contributed by atoms with E-state index in [1.165, 1.54) is 0 Å². The van der Waals surface area contributed by atoms with Crippen molar-refractivity contribution >= 4 is 21.6 Å². The molecule has 3 rings (SSSR count). The van der Waals surface area contributed by atoms with Crippen LogP contribution in [0, 0.1) is 13.8 Å². The van der Waals surface area contributed by atoms with E-state index in [9.17, 15) is 13.2 Å². The molecule has 0 radical (unpaired) electrons. The molecule has 1 fully saturated rings. The highest BCUT2D eigenvalue weighted by Crippen LogP contribution is 2.21. The lowest BCUT2D eigenvalue weighted by atomic mass is 10.2. The van der Waals surface area contributed by atoms with Crippen molar-refractivity contribution in [3.8, 4) is 0 Å². The van der Waals surface area contributed by atoms with Crippen molar-refractivity contribution in [3.63, 3.8) is 0 Å². The third kappa shape index (κ3) is 4.86. The van der Waals surface area contributed by atoms with E-state index >= 15 is 0 Å². The molecule has 1 N–H and O–H groups in total. The first-order valence-corrected chi connectivity index (χ1v) is 11.5. The molecule has 0 aliphatic carbocycles. The molecule has 0 spiro atoms. The summed E-state index contributed by atoms with van der Waals surface area (Å²) < 4.78 is 27.7. The van der Waals surface area contributed by atoms with Crippen molar-refractivity contribution in [3.05, 3.63) is 59.7 Å². The molecular formula is C22H30N3O3S+. The SMILES string of the molecule is CCN(C(=O)C[NH+]1CCN(S(=O)(=O)c2cc(C)ccc2C)CC1)c1ccccc1. The van der Waals surface area contributed by atoms with Crippen LogP contribution in [0.25, 0.3) is 0 Å². The van der Waals surface area contributed by atoms with Gasteiger partial charge in [-0.2, -0.15) is 4.31 Å². The summed E-state index contributed by atoms with van der Waals surface area (Å²) in [7, 11) is -3.51. The van der Waals surface area contributed by atoms with Gasteiger partial charge in [0.2, 0.25) is 10.0 Å². The average Bonchev–Trinajstić information content (AvgIpc) is 2.71. The molecule has 156 valence electrons. The van der Waals surface area contributed by atoms with Gasteiger partial charge < -0.3 is 9.80 Å². The molecule has 6 nitrogen and oxygen atoms in total. The Morgan fingerprint density at radius 1 is 1.07 bits per heavy atom. The molecule has 1 heterocycles. The van der Waals surface area contributed by atoms with Gasteiger partial charge in [0.1, 0.15) is 0 Å². The molecule has 1 aliphatic heterocycles. The minimum absolute atomic E-state index is 0.0690. The number of quaternary nitrogens is 1. The number of aryl methyl sites for hydroxylation is 2. The fourth-order valence-electron chi connectivity index (χ4n) is 3.76. The second kappa shape index (κ2) is 9.07. The highest BCUT2D eigenvalue weighted by Gasteiger charge is 2.32. The molecular weight excluding hydrogens is 386 g/mol. The van der Waals surface area contributed by atoms with Gasteiger partial charge in [0.15, 0.2) is 6.54 Å². The molecule has 0 saturated carbocycles. The quantitative estimate of drug-likeness (QED) is 0.771. The predicted molar refractivity (Wildman–Crippen MR) is 115 cm³/mol. The summed E-state index contributed by atoms with van der Waals surface area (Å²) in [6.07, 6.45) is 0. The third-order valence-electron chi connectivity index (χ3n) is 5.48. The fourth-order valence-corrected chi connectivity index (χ4v) is 5.52. The fraction of sp³-hybridized carbons (Fsp3) is 0.409. The molecule has 2 aromatic carbocycles. The third-order valence-corrected chi connectivity index (χ3v) is 7.52. The minimum Gasteiger partial charge on any atom is -0.325 e. The van der Waals surface area contributed by atoms with Gasteiger partial charge in [-0.1, -0.05) is 30.3 Å². The Balaban J connectivity index is 1.63. The second-order valence-electron chi connectivity index (χ2n) is 7.57. The molecule has 29 heavy (non-hydrogen) atoms. The number of nitrogens with zero attached hydrogens (tertiary/aromatic N) is 2. The number of para-hydroxylation sites is 1. The highest BCUT2D eigenvalue weighted by molar-refractivity contribution is 7.89. The molecule has 0 atom stereocenters. The molecule has 1 saturated heterocycles. The smallest absolute Gasteiger partial charge is 0.282 e. The standard InChI is InChI=1S/C22H29N3O3S/c1-4-25(20-8-6-5-7-9-20)22(26)17-23-12-14-24(15-13-23)29(27,28)21-16-18(2)10-11-19(21)3/h5-11,16H,4,12-15,17H2,1-3H3/p+1. The number of carbonyl (C=O) groups is 1. The number of piperazine rings is 1. The number of likely N-dealkylation sites (N-methyl/N-ethyl adjacent to an activating group) is 1. The van der Waals surface area contributed by atoms with E-state index in [4.69, 9.17) is 0 Å². The van der Waals surface area contributed by atoms with Crippen molar-refractivity contribution in [1.82, 2.24) is 4.31 Å². The monoisotopic (exact) mass is 416 g/mol. The number of anilines is 1. The molecule has 2 aromatic rings. The van der Waals surface area contributed by atoms with Gasteiger partial charge in [0.05, 0.1) is 31.1 Å². The summed E-state index contributed by atoms with van der Waals surface area (Å²) in [6.45, 7) is 8.79. The van der Waals surface area contributed by atoms with E-state index in [-0.39, 0.29) is 5.91 Å². The van der Waals surface area contributed by atoms with Gasteiger partial charge in [-0.05, 0) is 50.1 Å². The van der Waals surface area contributed by atoms with Crippen LogP contribution in [0.3, 0.4) is 0 Å². The van der Waals surface area contributed by atoms with Crippen molar-refractivity contribution in [2.45, 2.75) is 25.7 Å². The average molecular weight is 417 g/mol. The second-order valence-corrected chi connectivity index (χ2v) is 9.48. The van der Waals surface area contributed by atoms with Gasteiger partial charge in [0, 0.05) is 12.2 Å². The molecule has 1 aliphatic rings. The van der Waals surface area contributed by atoms with Crippen molar-refractivity contribution in [1.29, 1.82) is 0 Å². The van der Waals surface area contributed by atoms with Crippen LogP contribution in [0.15, 0.2) is 53.4 Å². The summed E-state index contributed by atoms with van der Waals surface area (Å²) in [6, 6.07) is 15.2. The maximum atomic E-state index is 13.1. The first kappa shape index (κ1) is 21.5. The Kier molecular flexibility index (Phi) is 6.72. The van der Waals surface area contributed by atoms with Gasteiger partial charge in [-0.25, -0.2) is 8.42 Å². The number of amides is 1. The van der Waals surface area contributed by atoms with Crippen LogP contribution >= 0.6 is 0 Å². The zero-order chi connectivity index (χ0) is 21.0. The summed E-state index contributed by atoms with van der Waals surface area (Å²) in [5.74, 6) is 0.0690. The number of carbonyl (C=O) groups excluding carboxylic acids is 1. The number of hydrogen-bond donors (Lipinski definition) is 1. The zero-order valence-electron chi connectivity index (χ0n) is 17.4. The minimum atomic E-state index is -3.51. The van der Waals surface area contributed by atoms with E-state index in [2.05, 4.69) is 0 Å². The van der Waals surface area contributed by atoms with Crippen LogP contribution in [0.2, 0.25) is 0 Å². The molecule has 7 heteroatoms. The lowest BCUT2D eigenvalue weighted by molar-refractivity contribution is -0.895.